The van der Waals surface area contributed by atoms with E-state index < -0.39 is 5.41 Å². The first kappa shape index (κ1) is 22.4. The van der Waals surface area contributed by atoms with Crippen LogP contribution in [-0.2, 0) is 21.5 Å². The van der Waals surface area contributed by atoms with Gasteiger partial charge in [0, 0.05) is 32.7 Å². The standard InChI is InChI=1S/C25H30N4O2S/c1-4-29-21-13-9-8-12-20(21)26-24(29)32-18-22(30)27-14-16-28(17-15-27)23(31)25(2,3)19-10-6-5-7-11-19/h5-13H,4,14-18H2,1-3H3. The summed E-state index contributed by atoms with van der Waals surface area (Å²) >= 11 is 1.49. The number of carbonyl (C=O) groups excluding carboxylic acids is 2. The molecule has 1 aromatic heterocycles. The molecular weight excluding hydrogens is 420 g/mol. The van der Waals surface area contributed by atoms with Crippen molar-refractivity contribution in [1.29, 1.82) is 0 Å². The molecule has 3 aromatic rings. The normalized spacial score (nSPS) is 14.7. The lowest BCUT2D eigenvalue weighted by molar-refractivity contribution is -0.141. The van der Waals surface area contributed by atoms with Gasteiger partial charge in [-0.1, -0.05) is 54.2 Å². The summed E-state index contributed by atoms with van der Waals surface area (Å²) in [4.78, 5) is 34.5. The number of aryl methyl sites for hydroxylation is 1. The van der Waals surface area contributed by atoms with Gasteiger partial charge >= 0.3 is 0 Å². The molecule has 2 heterocycles. The Labute approximate surface area is 193 Å². The topological polar surface area (TPSA) is 58.4 Å². The van der Waals surface area contributed by atoms with E-state index in [1.165, 1.54) is 11.8 Å². The van der Waals surface area contributed by atoms with Gasteiger partial charge in [-0.15, -0.1) is 0 Å². The van der Waals surface area contributed by atoms with Crippen LogP contribution in [-0.4, -0.2) is 63.1 Å². The Morgan fingerprint density at radius 1 is 0.938 bits per heavy atom. The van der Waals surface area contributed by atoms with Crippen LogP contribution in [0.15, 0.2) is 59.8 Å². The van der Waals surface area contributed by atoms with Crippen LogP contribution in [0.2, 0.25) is 0 Å². The summed E-state index contributed by atoms with van der Waals surface area (Å²) in [6.07, 6.45) is 0. The molecule has 0 radical (unpaired) electrons. The third-order valence-electron chi connectivity index (χ3n) is 6.21. The molecule has 0 bridgehead atoms. The van der Waals surface area contributed by atoms with E-state index in [0.29, 0.717) is 31.9 Å². The minimum absolute atomic E-state index is 0.0964. The third-order valence-corrected chi connectivity index (χ3v) is 7.17. The molecule has 1 aliphatic heterocycles. The van der Waals surface area contributed by atoms with Crippen molar-refractivity contribution in [3.63, 3.8) is 0 Å². The number of hydrogen-bond donors (Lipinski definition) is 0. The van der Waals surface area contributed by atoms with Crippen LogP contribution >= 0.6 is 11.8 Å². The van der Waals surface area contributed by atoms with E-state index in [2.05, 4.69) is 17.6 Å². The van der Waals surface area contributed by atoms with Crippen molar-refractivity contribution >= 4 is 34.6 Å². The molecule has 2 aromatic carbocycles. The Hall–Kier alpha value is -2.80. The Balaban J connectivity index is 1.34. The number of nitrogens with zero attached hydrogens (tertiary/aromatic N) is 4. The smallest absolute Gasteiger partial charge is 0.233 e. The van der Waals surface area contributed by atoms with Crippen LogP contribution in [0.1, 0.15) is 26.3 Å². The summed E-state index contributed by atoms with van der Waals surface area (Å²) in [5.41, 5.74) is 2.48. The van der Waals surface area contributed by atoms with Crippen LogP contribution in [0.3, 0.4) is 0 Å². The molecule has 0 atom stereocenters. The van der Waals surface area contributed by atoms with Crippen LogP contribution in [0.5, 0.6) is 0 Å². The summed E-state index contributed by atoms with van der Waals surface area (Å²) in [6, 6.07) is 17.9. The minimum atomic E-state index is -0.581. The first-order valence-electron chi connectivity index (χ1n) is 11.1. The van der Waals surface area contributed by atoms with E-state index in [1.807, 2.05) is 72.2 Å². The van der Waals surface area contributed by atoms with Crippen LogP contribution in [0.4, 0.5) is 0 Å². The summed E-state index contributed by atoms with van der Waals surface area (Å²) in [5, 5.41) is 0.875. The number of thioether (sulfide) groups is 1. The minimum Gasteiger partial charge on any atom is -0.338 e. The highest BCUT2D eigenvalue weighted by atomic mass is 32.2. The molecule has 1 saturated heterocycles. The van der Waals surface area contributed by atoms with E-state index in [-0.39, 0.29) is 11.8 Å². The molecule has 4 rings (SSSR count). The fourth-order valence-corrected chi connectivity index (χ4v) is 5.20. The predicted octanol–water partition coefficient (Wildman–Crippen LogP) is 3.80. The summed E-state index contributed by atoms with van der Waals surface area (Å²) in [5.74, 6) is 0.563. The number of hydrogen-bond acceptors (Lipinski definition) is 4. The Morgan fingerprint density at radius 2 is 1.56 bits per heavy atom. The van der Waals surface area contributed by atoms with Crippen molar-refractivity contribution in [2.24, 2.45) is 0 Å². The number of imidazole rings is 1. The molecule has 7 heteroatoms. The molecule has 32 heavy (non-hydrogen) atoms. The van der Waals surface area contributed by atoms with Gasteiger partial charge in [0.1, 0.15) is 0 Å². The van der Waals surface area contributed by atoms with Crippen molar-refractivity contribution in [3.05, 3.63) is 60.2 Å². The van der Waals surface area contributed by atoms with Crippen molar-refractivity contribution in [2.45, 2.75) is 37.9 Å². The van der Waals surface area contributed by atoms with Crippen molar-refractivity contribution in [2.75, 3.05) is 31.9 Å². The van der Waals surface area contributed by atoms with E-state index in [4.69, 9.17) is 4.98 Å². The number of para-hydroxylation sites is 2. The maximum absolute atomic E-state index is 13.2. The Morgan fingerprint density at radius 3 is 2.25 bits per heavy atom. The molecule has 6 nitrogen and oxygen atoms in total. The molecule has 0 aliphatic carbocycles. The van der Waals surface area contributed by atoms with Gasteiger partial charge in [-0.25, -0.2) is 4.98 Å². The SMILES string of the molecule is CCn1c(SCC(=O)N2CCN(C(=O)C(C)(C)c3ccccc3)CC2)nc2ccccc21. The fourth-order valence-electron chi connectivity index (χ4n) is 4.22. The van der Waals surface area contributed by atoms with Gasteiger partial charge in [0.25, 0.3) is 0 Å². The molecule has 168 valence electrons. The molecule has 0 unspecified atom stereocenters. The number of amides is 2. The lowest BCUT2D eigenvalue weighted by Crippen LogP contribution is -2.54. The summed E-state index contributed by atoms with van der Waals surface area (Å²) in [6.45, 7) is 9.12. The van der Waals surface area contributed by atoms with E-state index in [0.717, 1.165) is 28.3 Å². The zero-order valence-corrected chi connectivity index (χ0v) is 19.8. The van der Waals surface area contributed by atoms with Gasteiger partial charge in [-0.2, -0.15) is 0 Å². The molecule has 1 fully saturated rings. The second-order valence-corrected chi connectivity index (χ2v) is 9.52. The number of piperazine rings is 1. The van der Waals surface area contributed by atoms with Crippen LogP contribution in [0.25, 0.3) is 11.0 Å². The van der Waals surface area contributed by atoms with Crippen molar-refractivity contribution in [3.8, 4) is 0 Å². The number of fused-ring (bicyclic) bond motifs is 1. The Kier molecular flexibility index (Phi) is 6.55. The third kappa shape index (κ3) is 4.39. The molecule has 0 N–H and O–H groups in total. The first-order valence-corrected chi connectivity index (χ1v) is 12.1. The fraction of sp³-hybridized carbons (Fsp3) is 0.400. The van der Waals surface area contributed by atoms with Gasteiger partial charge < -0.3 is 14.4 Å². The highest BCUT2D eigenvalue weighted by Crippen LogP contribution is 2.27. The maximum atomic E-state index is 13.2. The van der Waals surface area contributed by atoms with Crippen LogP contribution < -0.4 is 0 Å². The lowest BCUT2D eigenvalue weighted by Gasteiger charge is -2.38. The van der Waals surface area contributed by atoms with Gasteiger partial charge in [0.05, 0.1) is 22.2 Å². The first-order chi connectivity index (χ1) is 15.4. The Bertz CT molecular complexity index is 1100. The van der Waals surface area contributed by atoms with E-state index >= 15 is 0 Å². The largest absolute Gasteiger partial charge is 0.338 e. The van der Waals surface area contributed by atoms with Gasteiger partial charge in [0.2, 0.25) is 11.8 Å². The van der Waals surface area contributed by atoms with Gasteiger partial charge in [-0.3, -0.25) is 9.59 Å². The molecule has 0 spiro atoms. The van der Waals surface area contributed by atoms with E-state index in [1.54, 1.807) is 0 Å². The second kappa shape index (κ2) is 9.36. The van der Waals surface area contributed by atoms with Gasteiger partial charge in [0.15, 0.2) is 5.16 Å². The van der Waals surface area contributed by atoms with E-state index in [9.17, 15) is 9.59 Å². The van der Waals surface area contributed by atoms with Crippen molar-refractivity contribution in [1.82, 2.24) is 19.4 Å². The highest BCUT2D eigenvalue weighted by molar-refractivity contribution is 7.99. The molecule has 2 amide bonds. The average molecular weight is 451 g/mol. The van der Waals surface area contributed by atoms with Gasteiger partial charge in [-0.05, 0) is 38.5 Å². The zero-order valence-electron chi connectivity index (χ0n) is 19.0. The number of carbonyl (C=O) groups is 2. The summed E-state index contributed by atoms with van der Waals surface area (Å²) < 4.78 is 2.15. The number of aromatic nitrogens is 2. The maximum Gasteiger partial charge on any atom is 0.233 e. The molecule has 0 saturated carbocycles. The predicted molar refractivity (Wildman–Crippen MR) is 129 cm³/mol. The molecular formula is C25H30N4O2S. The molecule has 1 aliphatic rings. The lowest BCUT2D eigenvalue weighted by atomic mass is 9.83. The van der Waals surface area contributed by atoms with Crippen molar-refractivity contribution < 1.29 is 9.59 Å². The van der Waals surface area contributed by atoms with Crippen LogP contribution in [0, 0.1) is 0 Å². The second-order valence-electron chi connectivity index (χ2n) is 8.58. The average Bonchev–Trinajstić information content (AvgIpc) is 3.20. The number of rotatable bonds is 6. The highest BCUT2D eigenvalue weighted by Gasteiger charge is 2.35. The number of benzene rings is 2. The zero-order chi connectivity index (χ0) is 22.7. The summed E-state index contributed by atoms with van der Waals surface area (Å²) in [7, 11) is 0. The monoisotopic (exact) mass is 450 g/mol. The quantitative estimate of drug-likeness (QED) is 0.536.